The smallest absolute Gasteiger partial charge is 0.251 e. The van der Waals surface area contributed by atoms with E-state index in [9.17, 15) is 13.2 Å². The zero-order chi connectivity index (χ0) is 22.6. The molecule has 1 saturated heterocycles. The molecule has 3 rings (SSSR count). The van der Waals surface area contributed by atoms with E-state index in [0.29, 0.717) is 30.3 Å². The second-order valence-electron chi connectivity index (χ2n) is 8.23. The molecule has 0 aliphatic carbocycles. The largest absolute Gasteiger partial charge is 0.381 e. The van der Waals surface area contributed by atoms with E-state index in [4.69, 9.17) is 16.3 Å². The van der Waals surface area contributed by atoms with Gasteiger partial charge in [0.05, 0.1) is 4.90 Å². The lowest BCUT2D eigenvalue weighted by Crippen LogP contribution is -2.44. The van der Waals surface area contributed by atoms with Crippen LogP contribution in [0.1, 0.15) is 42.6 Å². The van der Waals surface area contributed by atoms with Crippen molar-refractivity contribution in [2.45, 2.75) is 43.0 Å². The molecule has 1 N–H and O–H groups in total. The molecule has 0 bridgehead atoms. The molecular weight excluding hydrogens is 436 g/mol. The molecule has 8 heteroatoms. The summed E-state index contributed by atoms with van der Waals surface area (Å²) in [5.41, 5.74) is 1.17. The van der Waals surface area contributed by atoms with E-state index in [1.165, 1.54) is 23.5 Å². The Morgan fingerprint density at radius 1 is 1.16 bits per heavy atom. The van der Waals surface area contributed by atoms with Crippen LogP contribution in [0.25, 0.3) is 0 Å². The van der Waals surface area contributed by atoms with E-state index < -0.39 is 10.0 Å². The molecule has 2 aromatic carbocycles. The maximum atomic E-state index is 12.9. The number of amides is 1. The minimum absolute atomic E-state index is 0.106. The summed E-state index contributed by atoms with van der Waals surface area (Å²) < 4.78 is 32.4. The number of halogens is 1. The van der Waals surface area contributed by atoms with Gasteiger partial charge in [-0.1, -0.05) is 29.8 Å². The van der Waals surface area contributed by atoms with Gasteiger partial charge in [-0.15, -0.1) is 0 Å². The summed E-state index contributed by atoms with van der Waals surface area (Å²) in [5, 5.41) is 3.68. The van der Waals surface area contributed by atoms with Gasteiger partial charge in [-0.2, -0.15) is 4.31 Å². The van der Waals surface area contributed by atoms with Gasteiger partial charge in [0, 0.05) is 48.8 Å². The van der Waals surface area contributed by atoms with E-state index >= 15 is 0 Å². The summed E-state index contributed by atoms with van der Waals surface area (Å²) in [4.78, 5) is 13.0. The molecule has 1 fully saturated rings. The highest BCUT2D eigenvalue weighted by molar-refractivity contribution is 7.89. The van der Waals surface area contributed by atoms with Gasteiger partial charge in [-0.25, -0.2) is 8.42 Å². The molecule has 6 nitrogen and oxygen atoms in total. The molecule has 1 aliphatic rings. The first-order chi connectivity index (χ1) is 14.7. The van der Waals surface area contributed by atoms with Crippen molar-refractivity contribution in [1.29, 1.82) is 0 Å². The average molecular weight is 465 g/mol. The molecule has 1 heterocycles. The molecule has 0 saturated carbocycles. The Labute approximate surface area is 189 Å². The summed E-state index contributed by atoms with van der Waals surface area (Å²) in [6.45, 7) is 5.28. The summed E-state index contributed by atoms with van der Waals surface area (Å²) in [6, 6.07) is 13.7. The quantitative estimate of drug-likeness (QED) is 0.675. The second-order valence-corrected chi connectivity index (χ2v) is 10.7. The zero-order valence-electron chi connectivity index (χ0n) is 18.1. The van der Waals surface area contributed by atoms with Crippen LogP contribution in [-0.2, 0) is 20.2 Å². The van der Waals surface area contributed by atoms with Crippen LogP contribution >= 0.6 is 11.6 Å². The Hall–Kier alpha value is -1.93. The van der Waals surface area contributed by atoms with Crippen LogP contribution in [0, 0.1) is 0 Å². The van der Waals surface area contributed by atoms with Gasteiger partial charge in [-0.05, 0) is 62.6 Å². The lowest BCUT2D eigenvalue weighted by Gasteiger charge is -2.38. The Morgan fingerprint density at radius 2 is 1.81 bits per heavy atom. The number of carbonyl (C=O) groups excluding carboxylic acids is 1. The topological polar surface area (TPSA) is 75.7 Å². The molecule has 1 aliphatic heterocycles. The van der Waals surface area contributed by atoms with Gasteiger partial charge >= 0.3 is 0 Å². The van der Waals surface area contributed by atoms with Gasteiger partial charge in [0.25, 0.3) is 5.91 Å². The highest BCUT2D eigenvalue weighted by atomic mass is 35.5. The van der Waals surface area contributed by atoms with Crippen LogP contribution in [0.3, 0.4) is 0 Å². The van der Waals surface area contributed by atoms with Crippen molar-refractivity contribution in [3.8, 4) is 0 Å². The van der Waals surface area contributed by atoms with Crippen molar-refractivity contribution in [2.75, 3.05) is 26.8 Å². The number of hydrogen-bond donors (Lipinski definition) is 1. The normalized spacial score (nSPS) is 16.5. The fourth-order valence-electron chi connectivity index (χ4n) is 3.73. The van der Waals surface area contributed by atoms with Crippen LogP contribution in [-0.4, -0.2) is 51.5 Å². The Balaban J connectivity index is 1.80. The first-order valence-corrected chi connectivity index (χ1v) is 12.2. The van der Waals surface area contributed by atoms with Gasteiger partial charge in [0.1, 0.15) is 0 Å². The van der Waals surface area contributed by atoms with Crippen molar-refractivity contribution < 1.29 is 17.9 Å². The minimum atomic E-state index is -3.66. The number of benzene rings is 2. The predicted octanol–water partition coefficient (Wildman–Crippen LogP) is 3.85. The van der Waals surface area contributed by atoms with Crippen LogP contribution in [0.5, 0.6) is 0 Å². The summed E-state index contributed by atoms with van der Waals surface area (Å²) in [7, 11) is -2.13. The van der Waals surface area contributed by atoms with Crippen molar-refractivity contribution in [2.24, 2.45) is 0 Å². The molecule has 2 aromatic rings. The molecule has 0 unspecified atom stereocenters. The lowest BCUT2D eigenvalue weighted by molar-refractivity contribution is 0.0487. The third-order valence-electron chi connectivity index (χ3n) is 5.99. The zero-order valence-corrected chi connectivity index (χ0v) is 19.7. The van der Waals surface area contributed by atoms with Gasteiger partial charge in [-0.3, -0.25) is 4.79 Å². The molecule has 0 aromatic heterocycles. The van der Waals surface area contributed by atoms with Gasteiger partial charge in [0.15, 0.2) is 0 Å². The van der Waals surface area contributed by atoms with Gasteiger partial charge in [0.2, 0.25) is 10.0 Å². The maximum Gasteiger partial charge on any atom is 0.251 e. The minimum Gasteiger partial charge on any atom is -0.381 e. The predicted molar refractivity (Wildman–Crippen MR) is 122 cm³/mol. The molecule has 0 atom stereocenters. The molecule has 1 amide bonds. The third-order valence-corrected chi connectivity index (χ3v) is 8.28. The highest BCUT2D eigenvalue weighted by Gasteiger charge is 2.35. The van der Waals surface area contributed by atoms with Crippen LogP contribution < -0.4 is 5.32 Å². The highest BCUT2D eigenvalue weighted by Crippen LogP contribution is 2.35. The van der Waals surface area contributed by atoms with E-state index in [1.807, 2.05) is 24.3 Å². The number of nitrogens with one attached hydrogen (secondary N) is 1. The first-order valence-electron chi connectivity index (χ1n) is 10.4. The monoisotopic (exact) mass is 464 g/mol. The summed E-state index contributed by atoms with van der Waals surface area (Å²) in [6.07, 6.45) is 1.56. The van der Waals surface area contributed by atoms with Crippen molar-refractivity contribution >= 4 is 27.5 Å². The number of rotatable bonds is 7. The van der Waals surface area contributed by atoms with E-state index in [2.05, 4.69) is 5.32 Å². The average Bonchev–Trinajstić information content (AvgIpc) is 2.78. The number of sulfonamides is 1. The SMILES string of the molecule is CC(C)N(C)S(=O)(=O)c1cccc(C(=O)NCC2(c3ccc(Cl)cc3)CCOCC2)c1. The fourth-order valence-corrected chi connectivity index (χ4v) is 5.27. The fraction of sp³-hybridized carbons (Fsp3) is 0.435. The van der Waals surface area contributed by atoms with E-state index in [0.717, 1.165) is 18.4 Å². The maximum absolute atomic E-state index is 12.9. The summed E-state index contributed by atoms with van der Waals surface area (Å²) >= 11 is 6.05. The van der Waals surface area contributed by atoms with Crippen molar-refractivity contribution in [1.82, 2.24) is 9.62 Å². The lowest BCUT2D eigenvalue weighted by atomic mass is 9.74. The molecule has 0 radical (unpaired) electrons. The number of carbonyl (C=O) groups is 1. The number of ether oxygens (including phenoxy) is 1. The van der Waals surface area contributed by atoms with Crippen LogP contribution in [0.15, 0.2) is 53.4 Å². The number of nitrogens with zero attached hydrogens (tertiary/aromatic N) is 1. The first kappa shape index (κ1) is 23.7. The Bertz CT molecular complexity index is 1020. The molecule has 168 valence electrons. The Morgan fingerprint density at radius 3 is 2.42 bits per heavy atom. The third kappa shape index (κ3) is 5.29. The molecular formula is C23H29ClN2O4S. The number of hydrogen-bond acceptors (Lipinski definition) is 4. The van der Waals surface area contributed by atoms with Gasteiger partial charge < -0.3 is 10.1 Å². The Kier molecular flexibility index (Phi) is 7.42. The van der Waals surface area contributed by atoms with Crippen LogP contribution in [0.2, 0.25) is 5.02 Å². The van der Waals surface area contributed by atoms with Crippen LogP contribution in [0.4, 0.5) is 0 Å². The van der Waals surface area contributed by atoms with Crippen molar-refractivity contribution in [3.05, 3.63) is 64.7 Å². The van der Waals surface area contributed by atoms with E-state index in [1.54, 1.807) is 26.0 Å². The molecule has 31 heavy (non-hydrogen) atoms. The second kappa shape index (κ2) is 9.69. The standard InChI is InChI=1S/C23H29ClN2O4S/c1-17(2)26(3)31(28,29)21-6-4-5-18(15-21)22(27)25-16-23(11-13-30-14-12-23)19-7-9-20(24)10-8-19/h4-10,15,17H,11-14,16H2,1-3H3,(H,25,27). The van der Waals surface area contributed by atoms with Crippen molar-refractivity contribution in [3.63, 3.8) is 0 Å². The summed E-state index contributed by atoms with van der Waals surface area (Å²) in [5.74, 6) is -0.302. The van der Waals surface area contributed by atoms with E-state index in [-0.39, 0.29) is 22.3 Å². The molecule has 0 spiro atoms.